The second kappa shape index (κ2) is 4.22. The van der Waals surface area contributed by atoms with E-state index in [9.17, 15) is 9.59 Å². The minimum absolute atomic E-state index is 0.221. The summed E-state index contributed by atoms with van der Waals surface area (Å²) in [4.78, 5) is 22.2. The number of carboxylic acid groups (broad SMARTS) is 1. The molecule has 3 N–H and O–H groups in total. The highest BCUT2D eigenvalue weighted by molar-refractivity contribution is 5.90. The number of carbonyl (C=O) groups is 2. The lowest BCUT2D eigenvalue weighted by Crippen LogP contribution is -2.45. The fraction of sp³-hybridized carbons (Fsp3) is 0.273. The summed E-state index contributed by atoms with van der Waals surface area (Å²) in [6.07, 6.45) is 0.691. The molecule has 1 saturated heterocycles. The zero-order valence-electron chi connectivity index (χ0n) is 8.56. The van der Waals surface area contributed by atoms with Crippen molar-refractivity contribution in [3.05, 3.63) is 35.4 Å². The zero-order valence-corrected chi connectivity index (χ0v) is 8.56. The van der Waals surface area contributed by atoms with E-state index in [1.165, 1.54) is 0 Å². The molecule has 1 fully saturated rings. The maximum Gasteiger partial charge on any atom is 0.336 e. The predicted octanol–water partition coefficient (Wildman–Crippen LogP) is 1.13. The number of hydrogen-bond donors (Lipinski definition) is 3. The van der Waals surface area contributed by atoms with Crippen molar-refractivity contribution in [2.75, 3.05) is 6.54 Å². The number of rotatable bonds is 2. The Labute approximate surface area is 92.5 Å². The highest BCUT2D eigenvalue weighted by Crippen LogP contribution is 2.22. The molecule has 5 heteroatoms. The summed E-state index contributed by atoms with van der Waals surface area (Å²) in [5.74, 6) is -0.969. The van der Waals surface area contributed by atoms with Gasteiger partial charge in [-0.2, -0.15) is 0 Å². The number of carboxylic acids is 1. The molecule has 2 rings (SSSR count). The highest BCUT2D eigenvalue weighted by Gasteiger charge is 2.23. The average molecular weight is 220 g/mol. The van der Waals surface area contributed by atoms with Gasteiger partial charge in [-0.05, 0) is 18.1 Å². The van der Waals surface area contributed by atoms with Crippen LogP contribution < -0.4 is 10.6 Å². The fourth-order valence-corrected chi connectivity index (χ4v) is 1.84. The van der Waals surface area contributed by atoms with Crippen LogP contribution in [-0.2, 0) is 0 Å². The van der Waals surface area contributed by atoms with Crippen LogP contribution in [0.15, 0.2) is 24.3 Å². The van der Waals surface area contributed by atoms with Gasteiger partial charge in [0.25, 0.3) is 0 Å². The Balaban J connectivity index is 2.32. The second-order valence-corrected chi connectivity index (χ2v) is 3.63. The van der Waals surface area contributed by atoms with Gasteiger partial charge in [-0.15, -0.1) is 0 Å². The van der Waals surface area contributed by atoms with Crippen LogP contribution in [0.4, 0.5) is 4.79 Å². The zero-order chi connectivity index (χ0) is 11.5. The number of urea groups is 1. The molecule has 0 spiro atoms. The van der Waals surface area contributed by atoms with Crippen LogP contribution in [0.25, 0.3) is 0 Å². The summed E-state index contributed by atoms with van der Waals surface area (Å²) >= 11 is 0. The number of nitrogens with one attached hydrogen (secondary N) is 2. The van der Waals surface area contributed by atoms with E-state index in [4.69, 9.17) is 5.11 Å². The number of carbonyl (C=O) groups excluding carboxylic acids is 1. The van der Waals surface area contributed by atoms with Gasteiger partial charge in [0.2, 0.25) is 0 Å². The lowest BCUT2D eigenvalue weighted by atomic mass is 9.97. The van der Waals surface area contributed by atoms with Crippen molar-refractivity contribution in [1.82, 2.24) is 10.6 Å². The third-order valence-electron chi connectivity index (χ3n) is 2.59. The summed E-state index contributed by atoms with van der Waals surface area (Å²) in [6, 6.07) is 6.26. The topological polar surface area (TPSA) is 78.4 Å². The summed E-state index contributed by atoms with van der Waals surface area (Å²) in [5.41, 5.74) is 0.902. The Morgan fingerprint density at radius 2 is 2.12 bits per heavy atom. The van der Waals surface area contributed by atoms with Crippen molar-refractivity contribution >= 4 is 12.0 Å². The molecule has 0 aliphatic carbocycles. The van der Waals surface area contributed by atoms with Gasteiger partial charge in [0.15, 0.2) is 0 Å². The summed E-state index contributed by atoms with van der Waals surface area (Å²) in [5, 5.41) is 14.4. The number of benzene rings is 1. The van der Waals surface area contributed by atoms with Crippen molar-refractivity contribution in [1.29, 1.82) is 0 Å². The van der Waals surface area contributed by atoms with E-state index in [2.05, 4.69) is 10.6 Å². The Hall–Kier alpha value is -2.04. The molecule has 5 nitrogen and oxygen atoms in total. The first kappa shape index (κ1) is 10.5. The van der Waals surface area contributed by atoms with Gasteiger partial charge in [-0.25, -0.2) is 9.59 Å². The molecule has 1 aliphatic rings. The Kier molecular flexibility index (Phi) is 2.76. The van der Waals surface area contributed by atoms with Crippen LogP contribution in [0.5, 0.6) is 0 Å². The molecule has 16 heavy (non-hydrogen) atoms. The monoisotopic (exact) mass is 220 g/mol. The Bertz CT molecular complexity index is 431. The van der Waals surface area contributed by atoms with Gasteiger partial charge >= 0.3 is 12.0 Å². The van der Waals surface area contributed by atoms with E-state index in [0.29, 0.717) is 18.5 Å². The molecule has 1 aromatic rings. The van der Waals surface area contributed by atoms with Gasteiger partial charge in [-0.3, -0.25) is 0 Å². The van der Waals surface area contributed by atoms with Gasteiger partial charge in [0, 0.05) is 6.54 Å². The summed E-state index contributed by atoms with van der Waals surface area (Å²) in [7, 11) is 0. The van der Waals surface area contributed by atoms with Gasteiger partial charge in [0.05, 0.1) is 11.6 Å². The van der Waals surface area contributed by atoms with E-state index in [0.717, 1.165) is 0 Å². The molecular weight excluding hydrogens is 208 g/mol. The maximum absolute atomic E-state index is 11.2. The third-order valence-corrected chi connectivity index (χ3v) is 2.59. The smallest absolute Gasteiger partial charge is 0.336 e. The van der Waals surface area contributed by atoms with Gasteiger partial charge in [-0.1, -0.05) is 18.2 Å². The minimum Gasteiger partial charge on any atom is -0.478 e. The van der Waals surface area contributed by atoms with Crippen molar-refractivity contribution in [3.8, 4) is 0 Å². The second-order valence-electron chi connectivity index (χ2n) is 3.63. The van der Waals surface area contributed by atoms with Gasteiger partial charge < -0.3 is 15.7 Å². The molecule has 1 aliphatic heterocycles. The van der Waals surface area contributed by atoms with Crippen molar-refractivity contribution in [2.24, 2.45) is 0 Å². The normalized spacial score (nSPS) is 19.8. The van der Waals surface area contributed by atoms with Crippen LogP contribution >= 0.6 is 0 Å². The average Bonchev–Trinajstić information content (AvgIpc) is 2.29. The molecule has 0 bridgehead atoms. The number of hydrogen-bond acceptors (Lipinski definition) is 2. The molecule has 2 amide bonds. The number of aromatic carboxylic acids is 1. The van der Waals surface area contributed by atoms with E-state index >= 15 is 0 Å². The van der Waals surface area contributed by atoms with Gasteiger partial charge in [0.1, 0.15) is 0 Å². The fourth-order valence-electron chi connectivity index (χ4n) is 1.84. The quantitative estimate of drug-likeness (QED) is 0.699. The molecule has 0 aromatic heterocycles. The van der Waals surface area contributed by atoms with Crippen molar-refractivity contribution in [2.45, 2.75) is 12.5 Å². The van der Waals surface area contributed by atoms with E-state index < -0.39 is 5.97 Å². The predicted molar refractivity (Wildman–Crippen MR) is 57.3 cm³/mol. The van der Waals surface area contributed by atoms with Crippen LogP contribution in [0.3, 0.4) is 0 Å². The maximum atomic E-state index is 11.2. The van der Waals surface area contributed by atoms with E-state index in [-0.39, 0.29) is 17.6 Å². The molecule has 1 heterocycles. The Morgan fingerprint density at radius 1 is 1.38 bits per heavy atom. The molecule has 1 atom stereocenters. The standard InChI is InChI=1S/C11H12N2O3/c14-10(15)8-4-2-1-3-7(8)9-5-6-12-11(16)13-9/h1-4,9H,5-6H2,(H,14,15)(H2,12,13,16). The first-order valence-corrected chi connectivity index (χ1v) is 5.05. The number of amides is 2. The van der Waals surface area contributed by atoms with Crippen molar-refractivity contribution in [3.63, 3.8) is 0 Å². The van der Waals surface area contributed by atoms with E-state index in [1.54, 1.807) is 24.3 Å². The highest BCUT2D eigenvalue weighted by atomic mass is 16.4. The van der Waals surface area contributed by atoms with Crippen LogP contribution in [0.2, 0.25) is 0 Å². The first-order valence-electron chi connectivity index (χ1n) is 5.05. The first-order chi connectivity index (χ1) is 7.68. The molecule has 0 saturated carbocycles. The summed E-state index contributed by atoms with van der Waals surface area (Å²) in [6.45, 7) is 0.560. The molecular formula is C11H12N2O3. The largest absolute Gasteiger partial charge is 0.478 e. The molecule has 0 radical (unpaired) electrons. The van der Waals surface area contributed by atoms with Crippen molar-refractivity contribution < 1.29 is 14.7 Å². The van der Waals surface area contributed by atoms with E-state index in [1.807, 2.05) is 0 Å². The summed E-state index contributed by atoms with van der Waals surface area (Å²) < 4.78 is 0. The lowest BCUT2D eigenvalue weighted by molar-refractivity contribution is 0.0694. The molecule has 1 unspecified atom stereocenters. The third kappa shape index (κ3) is 1.98. The van der Waals surface area contributed by atoms with Crippen LogP contribution in [-0.4, -0.2) is 23.7 Å². The molecule has 1 aromatic carbocycles. The minimum atomic E-state index is -0.969. The SMILES string of the molecule is O=C1NCCC(c2ccccc2C(=O)O)N1. The Morgan fingerprint density at radius 3 is 2.81 bits per heavy atom. The molecule has 84 valence electrons. The lowest BCUT2D eigenvalue weighted by Gasteiger charge is -2.25. The van der Waals surface area contributed by atoms with Crippen LogP contribution in [0, 0.1) is 0 Å². The van der Waals surface area contributed by atoms with Crippen LogP contribution in [0.1, 0.15) is 28.4 Å².